The molecule has 4 rings (SSSR count). The number of nitrogens with zero attached hydrogens (tertiary/aromatic N) is 1. The summed E-state index contributed by atoms with van der Waals surface area (Å²) in [5.74, 6) is 0.789. The van der Waals surface area contributed by atoms with Crippen molar-refractivity contribution in [1.82, 2.24) is 0 Å². The monoisotopic (exact) mass is 379 g/mol. The van der Waals surface area contributed by atoms with E-state index in [0.717, 1.165) is 22.4 Å². The number of fused-ring (bicyclic) bond motifs is 1. The van der Waals surface area contributed by atoms with Crippen LogP contribution in [0.5, 0.6) is 5.75 Å². The molecule has 27 heavy (non-hydrogen) atoms. The maximum Gasteiger partial charge on any atom is 0.173 e. The summed E-state index contributed by atoms with van der Waals surface area (Å²) in [4.78, 5) is 0. The second-order valence-corrected chi connectivity index (χ2v) is 7.75. The normalized spacial score (nSPS) is 21.8. The van der Waals surface area contributed by atoms with E-state index in [1.807, 2.05) is 60.7 Å². The van der Waals surface area contributed by atoms with E-state index in [1.165, 1.54) is 5.56 Å². The van der Waals surface area contributed by atoms with Gasteiger partial charge in [-0.05, 0) is 36.8 Å². The van der Waals surface area contributed by atoms with Crippen molar-refractivity contribution in [1.29, 1.82) is 0 Å². The van der Waals surface area contributed by atoms with E-state index in [4.69, 9.17) is 16.3 Å². The van der Waals surface area contributed by atoms with Crippen LogP contribution in [0.15, 0.2) is 72.8 Å². The zero-order valence-electron chi connectivity index (χ0n) is 15.3. The van der Waals surface area contributed by atoms with Crippen molar-refractivity contribution >= 4 is 11.6 Å². The molecule has 3 aromatic rings. The van der Waals surface area contributed by atoms with E-state index in [2.05, 4.69) is 19.1 Å². The summed E-state index contributed by atoms with van der Waals surface area (Å²) in [6.45, 7) is 3.22. The van der Waals surface area contributed by atoms with Crippen LogP contribution in [0.1, 0.15) is 28.4 Å². The summed E-state index contributed by atoms with van der Waals surface area (Å²) in [6.07, 6.45) is -0.312. The van der Waals surface area contributed by atoms with Crippen LogP contribution in [0.2, 0.25) is 5.02 Å². The van der Waals surface area contributed by atoms with E-state index in [9.17, 15) is 5.21 Å². The molecule has 4 heteroatoms. The standard InChI is InChI=1S/C23H22ClNO2/c1-17-5-4-6-18(13-17)14-25(26)15-20-7-2-3-8-22(20)27-23(16-25)19-9-11-21(24)12-10-19/h2-13,23H,14-16H2,1H3. The topological polar surface area (TPSA) is 32.3 Å². The van der Waals surface area contributed by atoms with E-state index in [0.29, 0.717) is 24.7 Å². The van der Waals surface area contributed by atoms with Crippen molar-refractivity contribution in [2.24, 2.45) is 0 Å². The van der Waals surface area contributed by atoms with E-state index < -0.39 is 0 Å². The fraction of sp³-hybridized carbons (Fsp3) is 0.217. The van der Waals surface area contributed by atoms with Crippen molar-refractivity contribution in [2.75, 3.05) is 6.54 Å². The van der Waals surface area contributed by atoms with Crippen LogP contribution in [0.4, 0.5) is 0 Å². The Bertz CT molecular complexity index is 941. The molecule has 0 fully saturated rings. The van der Waals surface area contributed by atoms with Gasteiger partial charge in [0.05, 0.1) is 0 Å². The highest BCUT2D eigenvalue weighted by molar-refractivity contribution is 6.30. The van der Waals surface area contributed by atoms with Crippen LogP contribution in [-0.2, 0) is 13.1 Å². The average Bonchev–Trinajstić information content (AvgIpc) is 2.78. The molecule has 1 aliphatic rings. The van der Waals surface area contributed by atoms with E-state index in [1.54, 1.807) is 0 Å². The second-order valence-electron chi connectivity index (χ2n) is 7.31. The Morgan fingerprint density at radius 2 is 1.81 bits per heavy atom. The maximum atomic E-state index is 13.9. The molecule has 0 aliphatic carbocycles. The summed E-state index contributed by atoms with van der Waals surface area (Å²) in [5, 5.41) is 14.5. The molecule has 0 saturated heterocycles. The van der Waals surface area contributed by atoms with Gasteiger partial charge in [0, 0.05) is 16.1 Å². The van der Waals surface area contributed by atoms with Crippen LogP contribution < -0.4 is 4.74 Å². The Morgan fingerprint density at radius 3 is 2.59 bits per heavy atom. The number of rotatable bonds is 3. The minimum atomic E-state index is -0.353. The fourth-order valence-electron chi connectivity index (χ4n) is 3.73. The number of halogens is 1. The molecule has 1 heterocycles. The molecule has 3 nitrogen and oxygen atoms in total. The fourth-order valence-corrected chi connectivity index (χ4v) is 3.86. The maximum absolute atomic E-state index is 13.9. The van der Waals surface area contributed by atoms with Gasteiger partial charge in [-0.3, -0.25) is 0 Å². The van der Waals surface area contributed by atoms with Crippen molar-refractivity contribution in [3.05, 3.63) is 105 Å². The van der Waals surface area contributed by atoms with Gasteiger partial charge in [0.1, 0.15) is 25.4 Å². The van der Waals surface area contributed by atoms with Crippen molar-refractivity contribution in [3.8, 4) is 5.75 Å². The van der Waals surface area contributed by atoms with Crippen LogP contribution in [-0.4, -0.2) is 11.2 Å². The predicted molar refractivity (Wildman–Crippen MR) is 108 cm³/mol. The molecule has 0 saturated carbocycles. The molecule has 0 amide bonds. The Balaban J connectivity index is 1.71. The van der Waals surface area contributed by atoms with Crippen molar-refractivity contribution in [2.45, 2.75) is 26.1 Å². The number of para-hydroxylation sites is 1. The van der Waals surface area contributed by atoms with Crippen molar-refractivity contribution in [3.63, 3.8) is 0 Å². The van der Waals surface area contributed by atoms with Gasteiger partial charge >= 0.3 is 0 Å². The van der Waals surface area contributed by atoms with E-state index >= 15 is 0 Å². The quantitative estimate of drug-likeness (QED) is 0.425. The lowest BCUT2D eigenvalue weighted by Crippen LogP contribution is -2.43. The molecule has 2 unspecified atom stereocenters. The van der Waals surface area contributed by atoms with Crippen LogP contribution in [0.3, 0.4) is 0 Å². The summed E-state index contributed by atoms with van der Waals surface area (Å²) < 4.78 is 5.93. The Kier molecular flexibility index (Phi) is 4.92. The van der Waals surface area contributed by atoms with Gasteiger partial charge < -0.3 is 14.6 Å². The molecule has 138 valence electrons. The van der Waals surface area contributed by atoms with Gasteiger partial charge in [0.25, 0.3) is 0 Å². The highest BCUT2D eigenvalue weighted by Gasteiger charge is 2.31. The Labute approximate surface area is 164 Å². The number of aryl methyl sites for hydroxylation is 1. The molecule has 0 N–H and O–H groups in total. The van der Waals surface area contributed by atoms with Crippen LogP contribution >= 0.6 is 11.6 Å². The van der Waals surface area contributed by atoms with Gasteiger partial charge in [-0.25, -0.2) is 0 Å². The van der Waals surface area contributed by atoms with Gasteiger partial charge in [-0.2, -0.15) is 0 Å². The third kappa shape index (κ3) is 4.16. The van der Waals surface area contributed by atoms with Crippen LogP contribution in [0.25, 0.3) is 0 Å². The third-order valence-corrected chi connectivity index (χ3v) is 5.25. The molecule has 2 atom stereocenters. The lowest BCUT2D eigenvalue weighted by atomic mass is 10.1. The van der Waals surface area contributed by atoms with Gasteiger partial charge in [-0.1, -0.05) is 65.7 Å². The lowest BCUT2D eigenvalue weighted by Gasteiger charge is -2.43. The average molecular weight is 380 g/mol. The summed E-state index contributed by atoms with van der Waals surface area (Å²) in [6, 6.07) is 23.6. The zero-order valence-corrected chi connectivity index (χ0v) is 16.0. The number of hydroxylamine groups is 3. The van der Waals surface area contributed by atoms with Crippen LogP contribution in [0, 0.1) is 12.1 Å². The largest absolute Gasteiger partial charge is 0.632 e. The first kappa shape index (κ1) is 18.1. The SMILES string of the molecule is Cc1cccc(C[N+]2([O-])Cc3ccccc3OC(c3ccc(Cl)cc3)C2)c1. The molecule has 0 bridgehead atoms. The first-order chi connectivity index (χ1) is 13.0. The summed E-state index contributed by atoms with van der Waals surface area (Å²) in [7, 11) is 0. The molecule has 0 radical (unpaired) electrons. The lowest BCUT2D eigenvalue weighted by molar-refractivity contribution is -0.909. The minimum absolute atomic E-state index is 0.312. The summed E-state index contributed by atoms with van der Waals surface area (Å²) in [5.41, 5.74) is 4.15. The predicted octanol–water partition coefficient (Wildman–Crippen LogP) is 5.80. The van der Waals surface area contributed by atoms with Gasteiger partial charge in [0.15, 0.2) is 6.10 Å². The highest BCUT2D eigenvalue weighted by atomic mass is 35.5. The Morgan fingerprint density at radius 1 is 1.04 bits per heavy atom. The molecular weight excluding hydrogens is 358 g/mol. The molecule has 1 aliphatic heterocycles. The zero-order chi connectivity index (χ0) is 18.9. The van der Waals surface area contributed by atoms with Gasteiger partial charge in [-0.15, -0.1) is 0 Å². The number of hydrogen-bond donors (Lipinski definition) is 0. The smallest absolute Gasteiger partial charge is 0.173 e. The van der Waals surface area contributed by atoms with Crippen molar-refractivity contribution < 1.29 is 9.38 Å². The molecule has 0 aromatic heterocycles. The molecule has 3 aromatic carbocycles. The second kappa shape index (κ2) is 7.35. The first-order valence-electron chi connectivity index (χ1n) is 9.13. The number of ether oxygens (including phenoxy) is 1. The number of hydrogen-bond acceptors (Lipinski definition) is 2. The highest BCUT2D eigenvalue weighted by Crippen LogP contribution is 2.35. The van der Waals surface area contributed by atoms with Gasteiger partial charge in [0.2, 0.25) is 0 Å². The summed E-state index contributed by atoms with van der Waals surface area (Å²) >= 11 is 6.04. The Hall–Kier alpha value is -2.33. The van der Waals surface area contributed by atoms with E-state index in [-0.39, 0.29) is 10.8 Å². The number of quaternary nitrogens is 1. The third-order valence-electron chi connectivity index (χ3n) is 4.99. The minimum Gasteiger partial charge on any atom is -0.632 e. The first-order valence-corrected chi connectivity index (χ1v) is 9.51. The number of benzene rings is 3. The molecular formula is C23H22ClNO2. The molecule has 0 spiro atoms.